The number of piperidine rings is 1. The Labute approximate surface area is 89.9 Å². The highest BCUT2D eigenvalue weighted by atomic mass is 16.5. The topological polar surface area (TPSA) is 67.6 Å². The maximum atomic E-state index is 11.6. The van der Waals surface area contributed by atoms with Crippen molar-refractivity contribution >= 4 is 6.03 Å². The summed E-state index contributed by atoms with van der Waals surface area (Å²) in [6, 6.07) is 0.0371. The molecule has 0 aromatic heterocycles. The van der Waals surface area contributed by atoms with Crippen molar-refractivity contribution in [2.75, 3.05) is 39.9 Å². The second-order valence-electron chi connectivity index (χ2n) is 4.36. The smallest absolute Gasteiger partial charge is 0.317 e. The number of nitrogens with two attached hydrogens (primary N) is 1. The molecule has 1 aliphatic carbocycles. The fourth-order valence-electron chi connectivity index (χ4n) is 2.54. The summed E-state index contributed by atoms with van der Waals surface area (Å²) in [5, 5.41) is 2.83. The van der Waals surface area contributed by atoms with Crippen molar-refractivity contribution < 1.29 is 9.53 Å². The largest absolute Gasteiger partial charge is 0.383 e. The zero-order valence-electron chi connectivity index (χ0n) is 9.11. The number of carbonyl (C=O) groups excluding carboxylic acids is 1. The summed E-state index contributed by atoms with van der Waals surface area (Å²) in [4.78, 5) is 13.5. The number of methoxy groups -OCH3 is 1. The molecule has 0 aromatic rings. The number of fused-ring (bicyclic) bond motifs is 1. The normalized spacial score (nSPS) is 32.7. The summed E-state index contributed by atoms with van der Waals surface area (Å²) in [5.74, 6) is 2.01. The lowest BCUT2D eigenvalue weighted by atomic mass is 10.3. The molecule has 2 unspecified atom stereocenters. The SMILES string of the molecule is COCCNC(=O)N1CC2C(CN)C2C1. The van der Waals surface area contributed by atoms with Gasteiger partial charge < -0.3 is 20.7 Å². The molecule has 2 atom stereocenters. The van der Waals surface area contributed by atoms with E-state index in [2.05, 4.69) is 5.32 Å². The van der Waals surface area contributed by atoms with Gasteiger partial charge in [-0.15, -0.1) is 0 Å². The van der Waals surface area contributed by atoms with Crippen molar-refractivity contribution in [2.45, 2.75) is 0 Å². The summed E-state index contributed by atoms with van der Waals surface area (Å²) < 4.78 is 4.87. The minimum Gasteiger partial charge on any atom is -0.383 e. The molecular weight excluding hydrogens is 194 g/mol. The van der Waals surface area contributed by atoms with Crippen LogP contribution < -0.4 is 11.1 Å². The van der Waals surface area contributed by atoms with Gasteiger partial charge in [0.05, 0.1) is 6.61 Å². The molecule has 3 N–H and O–H groups in total. The molecule has 0 aromatic carbocycles. The van der Waals surface area contributed by atoms with E-state index in [1.54, 1.807) is 7.11 Å². The van der Waals surface area contributed by atoms with E-state index < -0.39 is 0 Å². The molecule has 5 nitrogen and oxygen atoms in total. The van der Waals surface area contributed by atoms with Crippen molar-refractivity contribution in [3.05, 3.63) is 0 Å². The van der Waals surface area contributed by atoms with Crippen LogP contribution in [0.25, 0.3) is 0 Å². The minimum absolute atomic E-state index is 0.0371. The van der Waals surface area contributed by atoms with E-state index >= 15 is 0 Å². The lowest BCUT2D eigenvalue weighted by molar-refractivity contribution is 0.181. The first-order valence-electron chi connectivity index (χ1n) is 5.49. The van der Waals surface area contributed by atoms with Gasteiger partial charge in [-0.25, -0.2) is 4.79 Å². The molecule has 15 heavy (non-hydrogen) atoms. The van der Waals surface area contributed by atoms with Crippen molar-refractivity contribution in [2.24, 2.45) is 23.5 Å². The van der Waals surface area contributed by atoms with Crippen LogP contribution in [-0.2, 0) is 4.74 Å². The molecule has 0 bridgehead atoms. The molecule has 1 saturated heterocycles. The van der Waals surface area contributed by atoms with E-state index in [1.165, 1.54) is 0 Å². The lowest BCUT2D eigenvalue weighted by Crippen LogP contribution is -2.41. The Hall–Kier alpha value is -0.810. The second kappa shape index (κ2) is 4.37. The maximum Gasteiger partial charge on any atom is 0.317 e. The van der Waals surface area contributed by atoms with Gasteiger partial charge in [0.25, 0.3) is 0 Å². The van der Waals surface area contributed by atoms with E-state index in [0.29, 0.717) is 30.9 Å². The number of hydrogen-bond donors (Lipinski definition) is 2. The van der Waals surface area contributed by atoms with Crippen LogP contribution in [0.4, 0.5) is 4.79 Å². The third-order valence-corrected chi connectivity index (χ3v) is 3.51. The van der Waals surface area contributed by atoms with E-state index in [0.717, 1.165) is 19.6 Å². The van der Waals surface area contributed by atoms with Crippen LogP contribution in [0.1, 0.15) is 0 Å². The number of carbonyl (C=O) groups is 1. The molecule has 86 valence electrons. The molecule has 0 spiro atoms. The Morgan fingerprint density at radius 3 is 2.73 bits per heavy atom. The van der Waals surface area contributed by atoms with Crippen molar-refractivity contribution in [1.82, 2.24) is 10.2 Å². The molecule has 1 aliphatic heterocycles. The number of rotatable bonds is 4. The quantitative estimate of drug-likeness (QED) is 0.617. The van der Waals surface area contributed by atoms with Gasteiger partial charge in [0.2, 0.25) is 0 Å². The van der Waals surface area contributed by atoms with Gasteiger partial charge in [-0.05, 0) is 24.3 Å². The number of nitrogens with zero attached hydrogens (tertiary/aromatic N) is 1. The number of amides is 2. The Kier molecular flexibility index (Phi) is 3.11. The molecule has 1 heterocycles. The molecule has 0 radical (unpaired) electrons. The monoisotopic (exact) mass is 213 g/mol. The predicted octanol–water partition coefficient (Wildman–Crippen LogP) is -0.521. The zero-order valence-corrected chi connectivity index (χ0v) is 9.11. The van der Waals surface area contributed by atoms with E-state index in [-0.39, 0.29) is 6.03 Å². The first-order chi connectivity index (χ1) is 7.27. The summed E-state index contributed by atoms with van der Waals surface area (Å²) in [6.45, 7) is 3.69. The lowest BCUT2D eigenvalue weighted by Gasteiger charge is -2.19. The number of likely N-dealkylation sites (tertiary alicyclic amines) is 1. The van der Waals surface area contributed by atoms with Crippen molar-refractivity contribution in [1.29, 1.82) is 0 Å². The molecule has 2 aliphatic rings. The second-order valence-corrected chi connectivity index (χ2v) is 4.36. The zero-order chi connectivity index (χ0) is 10.8. The number of nitrogens with one attached hydrogen (secondary N) is 1. The minimum atomic E-state index is 0.0371. The maximum absolute atomic E-state index is 11.6. The highest BCUT2D eigenvalue weighted by Crippen LogP contribution is 2.50. The Morgan fingerprint density at radius 1 is 1.53 bits per heavy atom. The first kappa shape index (κ1) is 10.7. The molecule has 2 fully saturated rings. The van der Waals surface area contributed by atoms with Crippen molar-refractivity contribution in [3.8, 4) is 0 Å². The fourth-order valence-corrected chi connectivity index (χ4v) is 2.54. The highest BCUT2D eigenvalue weighted by Gasteiger charge is 2.55. The van der Waals surface area contributed by atoms with Gasteiger partial charge in [-0.1, -0.05) is 0 Å². The van der Waals surface area contributed by atoms with E-state index in [4.69, 9.17) is 10.5 Å². The Morgan fingerprint density at radius 2 is 2.20 bits per heavy atom. The van der Waals surface area contributed by atoms with Gasteiger partial charge >= 0.3 is 6.03 Å². The average Bonchev–Trinajstić information content (AvgIpc) is 2.70. The van der Waals surface area contributed by atoms with Gasteiger partial charge in [-0.3, -0.25) is 0 Å². The fraction of sp³-hybridized carbons (Fsp3) is 0.900. The standard InChI is InChI=1S/C10H19N3O2/c1-15-3-2-12-10(14)13-5-8-7(4-11)9(8)6-13/h7-9H,2-6,11H2,1H3,(H,12,14). The first-order valence-corrected chi connectivity index (χ1v) is 5.49. The van der Waals surface area contributed by atoms with Gasteiger partial charge in [0.15, 0.2) is 0 Å². The number of urea groups is 1. The molecule has 2 rings (SSSR count). The van der Waals surface area contributed by atoms with Crippen LogP contribution in [0.5, 0.6) is 0 Å². The predicted molar refractivity (Wildman–Crippen MR) is 56.4 cm³/mol. The van der Waals surface area contributed by atoms with Crippen molar-refractivity contribution in [3.63, 3.8) is 0 Å². The van der Waals surface area contributed by atoms with Crippen LogP contribution in [0, 0.1) is 17.8 Å². The van der Waals surface area contributed by atoms with Crippen LogP contribution in [0.15, 0.2) is 0 Å². The average molecular weight is 213 g/mol. The highest BCUT2D eigenvalue weighted by molar-refractivity contribution is 5.74. The summed E-state index contributed by atoms with van der Waals surface area (Å²) in [5.41, 5.74) is 5.61. The molecule has 5 heteroatoms. The van der Waals surface area contributed by atoms with Crippen LogP contribution in [0.3, 0.4) is 0 Å². The van der Waals surface area contributed by atoms with Crippen LogP contribution in [0.2, 0.25) is 0 Å². The Balaban J connectivity index is 1.67. The Bertz CT molecular complexity index is 235. The molecule has 2 amide bonds. The van der Waals surface area contributed by atoms with Crippen LogP contribution >= 0.6 is 0 Å². The van der Waals surface area contributed by atoms with Gasteiger partial charge in [0, 0.05) is 26.7 Å². The van der Waals surface area contributed by atoms with Gasteiger partial charge in [-0.2, -0.15) is 0 Å². The molecule has 1 saturated carbocycles. The number of ether oxygens (including phenoxy) is 1. The van der Waals surface area contributed by atoms with E-state index in [1.807, 2.05) is 4.90 Å². The van der Waals surface area contributed by atoms with Crippen LogP contribution in [-0.4, -0.2) is 50.8 Å². The van der Waals surface area contributed by atoms with Gasteiger partial charge in [0.1, 0.15) is 0 Å². The molecular formula is C10H19N3O2. The van der Waals surface area contributed by atoms with E-state index in [9.17, 15) is 4.79 Å². The third-order valence-electron chi connectivity index (χ3n) is 3.51. The summed E-state index contributed by atoms with van der Waals surface area (Å²) >= 11 is 0. The number of hydrogen-bond acceptors (Lipinski definition) is 3. The third kappa shape index (κ3) is 2.08. The summed E-state index contributed by atoms with van der Waals surface area (Å²) in [6.07, 6.45) is 0. The summed E-state index contributed by atoms with van der Waals surface area (Å²) in [7, 11) is 1.63.